The van der Waals surface area contributed by atoms with Crippen molar-refractivity contribution in [3.63, 3.8) is 0 Å². The molecule has 0 aliphatic heterocycles. The Morgan fingerprint density at radius 2 is 2.05 bits per heavy atom. The van der Waals surface area contributed by atoms with E-state index in [-0.39, 0.29) is 5.69 Å². The molecular formula is C14H18BrNO4. The molecule has 0 N–H and O–H groups in total. The first-order valence-corrected chi connectivity index (χ1v) is 7.82. The Morgan fingerprint density at radius 1 is 1.35 bits per heavy atom. The molecule has 1 fully saturated rings. The average Bonchev–Trinajstić information content (AvgIpc) is 2.97. The van der Waals surface area contributed by atoms with E-state index >= 15 is 0 Å². The van der Waals surface area contributed by atoms with Crippen molar-refractivity contribution in [3.8, 4) is 11.5 Å². The predicted molar refractivity (Wildman–Crippen MR) is 79.7 cm³/mol. The van der Waals surface area contributed by atoms with Crippen molar-refractivity contribution in [2.45, 2.75) is 31.0 Å². The van der Waals surface area contributed by atoms with Gasteiger partial charge in [-0.1, -0.05) is 28.8 Å². The topological polar surface area (TPSA) is 61.6 Å². The lowest BCUT2D eigenvalue weighted by Gasteiger charge is -2.15. The summed E-state index contributed by atoms with van der Waals surface area (Å²) in [5.74, 6) is 1.55. The van der Waals surface area contributed by atoms with Crippen molar-refractivity contribution >= 4 is 21.6 Å². The monoisotopic (exact) mass is 343 g/mol. The molecule has 1 saturated carbocycles. The summed E-state index contributed by atoms with van der Waals surface area (Å²) in [4.78, 5) is 10.7. The smallest absolute Gasteiger partial charge is 0.277 e. The third kappa shape index (κ3) is 3.42. The molecule has 0 heterocycles. The molecule has 20 heavy (non-hydrogen) atoms. The summed E-state index contributed by atoms with van der Waals surface area (Å²) >= 11 is 3.26. The fourth-order valence-electron chi connectivity index (χ4n) is 2.53. The molecule has 110 valence electrons. The Morgan fingerprint density at radius 3 is 2.60 bits per heavy atom. The van der Waals surface area contributed by atoms with Crippen LogP contribution in [0.4, 0.5) is 5.69 Å². The molecule has 2 rings (SSSR count). The fourth-order valence-corrected chi connectivity index (χ4v) is 2.97. The van der Waals surface area contributed by atoms with E-state index in [1.165, 1.54) is 31.7 Å². The first-order chi connectivity index (χ1) is 9.65. The molecule has 6 heteroatoms. The van der Waals surface area contributed by atoms with Gasteiger partial charge in [0.05, 0.1) is 24.7 Å². The van der Waals surface area contributed by atoms with Crippen LogP contribution in [-0.4, -0.2) is 18.6 Å². The normalized spacial score (nSPS) is 15.3. The molecule has 0 spiro atoms. The van der Waals surface area contributed by atoms with Crippen LogP contribution in [0.1, 0.15) is 31.2 Å². The molecule has 5 nitrogen and oxygen atoms in total. The van der Waals surface area contributed by atoms with Gasteiger partial charge in [-0.25, -0.2) is 0 Å². The Labute approximate surface area is 126 Å². The lowest BCUT2D eigenvalue weighted by atomic mass is 10.1. The molecule has 1 aliphatic carbocycles. The fraction of sp³-hybridized carbons (Fsp3) is 0.571. The van der Waals surface area contributed by atoms with Crippen molar-refractivity contribution < 1.29 is 14.4 Å². The molecule has 0 radical (unpaired) electrons. The van der Waals surface area contributed by atoms with E-state index in [0.717, 1.165) is 0 Å². The summed E-state index contributed by atoms with van der Waals surface area (Å²) in [7, 11) is 1.54. The maximum absolute atomic E-state index is 11.1. The minimum Gasteiger partial charge on any atom is -0.493 e. The molecule has 1 aromatic rings. The van der Waals surface area contributed by atoms with Crippen LogP contribution in [0.5, 0.6) is 11.5 Å². The van der Waals surface area contributed by atoms with Gasteiger partial charge in [0.15, 0.2) is 11.5 Å². The molecule has 0 atom stereocenters. The van der Waals surface area contributed by atoms with E-state index in [1.807, 2.05) is 0 Å². The van der Waals surface area contributed by atoms with E-state index in [2.05, 4.69) is 15.9 Å². The molecule has 0 amide bonds. The van der Waals surface area contributed by atoms with Gasteiger partial charge in [0.25, 0.3) is 5.69 Å². The van der Waals surface area contributed by atoms with Gasteiger partial charge in [-0.3, -0.25) is 10.1 Å². The summed E-state index contributed by atoms with van der Waals surface area (Å²) < 4.78 is 11.0. The number of halogens is 1. The SMILES string of the molecule is COc1cc(CBr)c([N+](=O)[O-])cc1OCC1CCCC1. The van der Waals surface area contributed by atoms with E-state index in [9.17, 15) is 10.1 Å². The molecule has 0 saturated heterocycles. The summed E-state index contributed by atoms with van der Waals surface area (Å²) in [6.07, 6.45) is 4.83. The minimum atomic E-state index is -0.390. The third-order valence-electron chi connectivity index (χ3n) is 3.65. The molecule has 1 aliphatic rings. The second-order valence-corrected chi connectivity index (χ2v) is 5.54. The van der Waals surface area contributed by atoms with Crippen molar-refractivity contribution in [2.24, 2.45) is 5.92 Å². The summed E-state index contributed by atoms with van der Waals surface area (Å²) in [6.45, 7) is 0.598. The highest BCUT2D eigenvalue weighted by Gasteiger charge is 2.21. The third-order valence-corrected chi connectivity index (χ3v) is 4.26. The summed E-state index contributed by atoms with van der Waals surface area (Å²) in [5, 5.41) is 11.5. The second kappa shape index (κ2) is 6.92. The minimum absolute atomic E-state index is 0.0593. The van der Waals surface area contributed by atoms with Gasteiger partial charge in [0, 0.05) is 10.9 Å². The number of alkyl halides is 1. The zero-order valence-electron chi connectivity index (χ0n) is 11.4. The number of methoxy groups -OCH3 is 1. The highest BCUT2D eigenvalue weighted by atomic mass is 79.9. The number of hydrogen-bond donors (Lipinski definition) is 0. The number of rotatable bonds is 6. The molecule has 1 aromatic carbocycles. The summed E-state index contributed by atoms with van der Waals surface area (Å²) in [6, 6.07) is 3.13. The molecule has 0 unspecified atom stereocenters. The van der Waals surface area contributed by atoms with Gasteiger partial charge in [0.1, 0.15) is 0 Å². The van der Waals surface area contributed by atoms with Crippen molar-refractivity contribution in [3.05, 3.63) is 27.8 Å². The average molecular weight is 344 g/mol. The molecule has 0 aromatic heterocycles. The van der Waals surface area contributed by atoms with Crippen molar-refractivity contribution in [1.82, 2.24) is 0 Å². The lowest BCUT2D eigenvalue weighted by molar-refractivity contribution is -0.385. The maximum atomic E-state index is 11.1. The highest BCUT2D eigenvalue weighted by Crippen LogP contribution is 2.36. The number of nitrogens with zero attached hydrogens (tertiary/aromatic N) is 1. The highest BCUT2D eigenvalue weighted by molar-refractivity contribution is 9.08. The standard InChI is InChI=1S/C14H18BrNO4/c1-19-13-6-11(8-15)12(16(17)18)7-14(13)20-9-10-4-2-3-5-10/h6-7,10H,2-5,8-9H2,1H3. The Hall–Kier alpha value is -1.30. The predicted octanol–water partition coefficient (Wildman–Crippen LogP) is 4.07. The first-order valence-electron chi connectivity index (χ1n) is 6.69. The number of ether oxygens (including phenoxy) is 2. The lowest BCUT2D eigenvalue weighted by Crippen LogP contribution is -2.09. The van der Waals surface area contributed by atoms with Crippen molar-refractivity contribution in [1.29, 1.82) is 0 Å². The van der Waals surface area contributed by atoms with Crippen LogP contribution < -0.4 is 9.47 Å². The first kappa shape index (κ1) is 15.1. The summed E-state index contributed by atoms with van der Waals surface area (Å²) in [5.41, 5.74) is 0.643. The van der Waals surface area contributed by atoms with Crippen LogP contribution in [0.3, 0.4) is 0 Å². The zero-order valence-corrected chi connectivity index (χ0v) is 13.0. The Bertz CT molecular complexity index is 486. The van der Waals surface area contributed by atoms with Crippen LogP contribution in [-0.2, 0) is 5.33 Å². The van der Waals surface area contributed by atoms with E-state index in [4.69, 9.17) is 9.47 Å². The molecular weight excluding hydrogens is 326 g/mol. The largest absolute Gasteiger partial charge is 0.493 e. The number of hydrogen-bond acceptors (Lipinski definition) is 4. The Balaban J connectivity index is 2.20. The maximum Gasteiger partial charge on any atom is 0.277 e. The van der Waals surface area contributed by atoms with Gasteiger partial charge < -0.3 is 9.47 Å². The number of nitro benzene ring substituents is 1. The van der Waals surface area contributed by atoms with Crippen molar-refractivity contribution in [2.75, 3.05) is 13.7 Å². The second-order valence-electron chi connectivity index (χ2n) is 4.98. The van der Waals surface area contributed by atoms with Gasteiger partial charge in [-0.2, -0.15) is 0 Å². The Kier molecular flexibility index (Phi) is 5.23. The van der Waals surface area contributed by atoms with E-state index in [1.54, 1.807) is 13.2 Å². The van der Waals surface area contributed by atoms with E-state index < -0.39 is 4.92 Å². The van der Waals surface area contributed by atoms with Crippen LogP contribution in [0, 0.1) is 16.0 Å². The van der Waals surface area contributed by atoms with Crippen LogP contribution in [0.25, 0.3) is 0 Å². The zero-order chi connectivity index (χ0) is 14.5. The van der Waals surface area contributed by atoms with Crippen LogP contribution in [0.15, 0.2) is 12.1 Å². The van der Waals surface area contributed by atoms with Crippen LogP contribution >= 0.6 is 15.9 Å². The number of benzene rings is 1. The number of nitro groups is 1. The van der Waals surface area contributed by atoms with Gasteiger partial charge in [0.2, 0.25) is 0 Å². The quantitative estimate of drug-likeness (QED) is 0.443. The molecule has 0 bridgehead atoms. The van der Waals surface area contributed by atoms with Gasteiger partial charge >= 0.3 is 0 Å². The van der Waals surface area contributed by atoms with Crippen LogP contribution in [0.2, 0.25) is 0 Å². The van der Waals surface area contributed by atoms with E-state index in [0.29, 0.717) is 34.9 Å². The van der Waals surface area contributed by atoms with Gasteiger partial charge in [-0.15, -0.1) is 0 Å². The van der Waals surface area contributed by atoms with Gasteiger partial charge in [-0.05, 0) is 24.8 Å².